The Bertz CT molecular complexity index is 1100. The number of halogens is 2. The maximum Gasteiger partial charge on any atom is 0.255 e. The number of rotatable bonds is 10. The summed E-state index contributed by atoms with van der Waals surface area (Å²) >= 11 is 9.21. The zero-order valence-corrected chi connectivity index (χ0v) is 19.5. The highest BCUT2D eigenvalue weighted by Gasteiger charge is 2.15. The van der Waals surface area contributed by atoms with Crippen molar-refractivity contribution in [3.8, 4) is 5.75 Å². The normalized spacial score (nSPS) is 10.4. The predicted octanol–water partition coefficient (Wildman–Crippen LogP) is 4.83. The highest BCUT2D eigenvalue weighted by Crippen LogP contribution is 2.18. The van der Waals surface area contributed by atoms with Crippen molar-refractivity contribution < 1.29 is 19.1 Å². The van der Waals surface area contributed by atoms with E-state index < -0.39 is 5.91 Å². The molecule has 0 atom stereocenters. The van der Waals surface area contributed by atoms with E-state index in [0.717, 1.165) is 15.6 Å². The summed E-state index contributed by atoms with van der Waals surface area (Å²) in [4.78, 5) is 37.1. The highest BCUT2D eigenvalue weighted by atomic mass is 79.9. The number of Topliss-reactive ketones (excluding diaryl/α,β-unsaturated/α-hetero) is 2. The Labute approximate surface area is 199 Å². The van der Waals surface area contributed by atoms with E-state index in [1.807, 2.05) is 24.3 Å². The Kier molecular flexibility index (Phi) is 8.59. The van der Waals surface area contributed by atoms with Crippen molar-refractivity contribution in [2.45, 2.75) is 12.8 Å². The molecule has 0 aliphatic heterocycles. The maximum atomic E-state index is 12.6. The van der Waals surface area contributed by atoms with Gasteiger partial charge in [-0.15, -0.1) is 0 Å². The Morgan fingerprint density at radius 3 is 2.09 bits per heavy atom. The van der Waals surface area contributed by atoms with Gasteiger partial charge in [-0.05, 0) is 47.5 Å². The number of ketones is 2. The van der Waals surface area contributed by atoms with E-state index >= 15 is 0 Å². The molecule has 0 aliphatic carbocycles. The Hall–Kier alpha value is -2.96. The molecule has 0 aromatic heterocycles. The fourth-order valence-corrected chi connectivity index (χ4v) is 3.38. The molecular formula is C25H21BrClNO4. The van der Waals surface area contributed by atoms with Crippen molar-refractivity contribution in [1.82, 2.24) is 5.32 Å². The Balaban J connectivity index is 1.52. The van der Waals surface area contributed by atoms with E-state index in [2.05, 4.69) is 21.2 Å². The number of amides is 1. The quantitative estimate of drug-likeness (QED) is 0.420. The molecule has 0 heterocycles. The van der Waals surface area contributed by atoms with Crippen LogP contribution in [0, 0.1) is 0 Å². The van der Waals surface area contributed by atoms with Crippen LogP contribution in [0.4, 0.5) is 0 Å². The van der Waals surface area contributed by atoms with Gasteiger partial charge in [-0.25, -0.2) is 0 Å². The fraction of sp³-hybridized carbons (Fsp3) is 0.160. The van der Waals surface area contributed by atoms with Gasteiger partial charge in [-0.3, -0.25) is 14.4 Å². The van der Waals surface area contributed by atoms with Gasteiger partial charge >= 0.3 is 0 Å². The van der Waals surface area contributed by atoms with Crippen LogP contribution in [0.2, 0.25) is 5.02 Å². The van der Waals surface area contributed by atoms with E-state index in [0.29, 0.717) is 10.8 Å². The molecule has 0 radical (unpaired) electrons. The number of benzene rings is 3. The summed E-state index contributed by atoms with van der Waals surface area (Å²) in [5.41, 5.74) is 1.97. The zero-order chi connectivity index (χ0) is 22.9. The first-order valence-corrected chi connectivity index (χ1v) is 11.1. The summed E-state index contributed by atoms with van der Waals surface area (Å²) in [5, 5.41) is 3.22. The molecule has 164 valence electrons. The van der Waals surface area contributed by atoms with Gasteiger partial charge in [0.15, 0.2) is 11.6 Å². The summed E-state index contributed by atoms with van der Waals surface area (Å²) < 4.78 is 6.55. The second-order valence-electron chi connectivity index (χ2n) is 7.15. The summed E-state index contributed by atoms with van der Waals surface area (Å²) in [5.74, 6) is -0.394. The van der Waals surface area contributed by atoms with Crippen molar-refractivity contribution in [1.29, 1.82) is 0 Å². The molecule has 3 aromatic carbocycles. The van der Waals surface area contributed by atoms with Crippen LogP contribution < -0.4 is 10.1 Å². The largest absolute Gasteiger partial charge is 0.485 e. The first kappa shape index (κ1) is 23.7. The van der Waals surface area contributed by atoms with Gasteiger partial charge in [0.05, 0.1) is 12.1 Å². The van der Waals surface area contributed by atoms with Gasteiger partial charge in [-0.2, -0.15) is 0 Å². The van der Waals surface area contributed by atoms with Crippen LogP contribution in [0.15, 0.2) is 77.3 Å². The van der Waals surface area contributed by atoms with Crippen molar-refractivity contribution in [2.24, 2.45) is 0 Å². The summed E-state index contributed by atoms with van der Waals surface area (Å²) in [6.45, 7) is -0.270. The summed E-state index contributed by atoms with van der Waals surface area (Å²) in [7, 11) is 0. The minimum Gasteiger partial charge on any atom is -0.485 e. The van der Waals surface area contributed by atoms with Crippen LogP contribution in [0.3, 0.4) is 0 Å². The zero-order valence-electron chi connectivity index (χ0n) is 17.1. The van der Waals surface area contributed by atoms with Crippen LogP contribution in [0.25, 0.3) is 0 Å². The Morgan fingerprint density at radius 2 is 1.41 bits per heavy atom. The summed E-state index contributed by atoms with van der Waals surface area (Å²) in [6.07, 6.45) is 0.432. The molecule has 32 heavy (non-hydrogen) atoms. The van der Waals surface area contributed by atoms with Gasteiger partial charge < -0.3 is 10.1 Å². The molecule has 3 rings (SSSR count). The maximum absolute atomic E-state index is 12.6. The lowest BCUT2D eigenvalue weighted by Crippen LogP contribution is -2.30. The molecule has 7 heteroatoms. The smallest absolute Gasteiger partial charge is 0.255 e. The molecule has 1 N–H and O–H groups in total. The molecule has 0 saturated carbocycles. The van der Waals surface area contributed by atoms with Crippen molar-refractivity contribution in [3.63, 3.8) is 0 Å². The number of hydrogen-bond donors (Lipinski definition) is 1. The number of carbonyl (C=O) groups is 3. The third-order valence-corrected chi connectivity index (χ3v) is 5.38. The van der Waals surface area contributed by atoms with Crippen LogP contribution in [0.5, 0.6) is 5.75 Å². The van der Waals surface area contributed by atoms with Crippen molar-refractivity contribution in [2.75, 3.05) is 13.2 Å². The second-order valence-corrected chi connectivity index (χ2v) is 8.50. The number of nitrogens with one attached hydrogen (secondary N) is 1. The lowest BCUT2D eigenvalue weighted by Gasteiger charge is -2.11. The molecule has 0 spiro atoms. The standard InChI is InChI=1S/C25H21BrClNO4/c26-19-9-5-17(6-10-19)14-22(30)16-32-24-4-2-1-3-23(24)25(31)28-15-21(29)13-18-7-11-20(27)12-8-18/h1-12H,13-16H2,(H,28,31). The molecule has 0 aliphatic rings. The van der Waals surface area contributed by atoms with Crippen molar-refractivity contribution in [3.05, 3.63) is 99.0 Å². The minimum absolute atomic E-state index is 0.110. The third-order valence-electron chi connectivity index (χ3n) is 4.60. The van der Waals surface area contributed by atoms with E-state index in [1.54, 1.807) is 48.5 Å². The second kappa shape index (κ2) is 11.6. The average molecular weight is 515 g/mol. The molecule has 0 saturated heterocycles. The Morgan fingerprint density at radius 1 is 0.812 bits per heavy atom. The first-order chi connectivity index (χ1) is 15.4. The highest BCUT2D eigenvalue weighted by molar-refractivity contribution is 9.10. The predicted molar refractivity (Wildman–Crippen MR) is 127 cm³/mol. The monoisotopic (exact) mass is 513 g/mol. The van der Waals surface area contributed by atoms with Gasteiger partial charge in [0, 0.05) is 22.3 Å². The number of hydrogen-bond acceptors (Lipinski definition) is 4. The molecule has 3 aromatic rings. The minimum atomic E-state index is -0.439. The topological polar surface area (TPSA) is 72.5 Å². The number of carbonyl (C=O) groups excluding carboxylic acids is 3. The van der Waals surface area contributed by atoms with Crippen LogP contribution in [0.1, 0.15) is 21.5 Å². The average Bonchev–Trinajstić information content (AvgIpc) is 2.79. The van der Waals surface area contributed by atoms with Gasteiger partial charge in [0.2, 0.25) is 0 Å². The third kappa shape index (κ3) is 7.32. The lowest BCUT2D eigenvalue weighted by atomic mass is 10.1. The summed E-state index contributed by atoms with van der Waals surface area (Å²) in [6, 6.07) is 21.1. The van der Waals surface area contributed by atoms with Crippen LogP contribution >= 0.6 is 27.5 Å². The van der Waals surface area contributed by atoms with Gasteiger partial charge in [0.1, 0.15) is 12.4 Å². The van der Waals surface area contributed by atoms with E-state index in [4.69, 9.17) is 16.3 Å². The van der Waals surface area contributed by atoms with Gasteiger partial charge in [0.25, 0.3) is 5.91 Å². The van der Waals surface area contributed by atoms with Crippen LogP contribution in [-0.2, 0) is 22.4 Å². The molecule has 0 unspecified atom stereocenters. The van der Waals surface area contributed by atoms with E-state index in [1.165, 1.54) is 0 Å². The van der Waals surface area contributed by atoms with Crippen LogP contribution in [-0.4, -0.2) is 30.6 Å². The van der Waals surface area contributed by atoms with Gasteiger partial charge in [-0.1, -0.05) is 63.9 Å². The fourth-order valence-electron chi connectivity index (χ4n) is 2.99. The number of ether oxygens (including phenoxy) is 1. The molecule has 1 amide bonds. The first-order valence-electron chi connectivity index (χ1n) is 9.93. The van der Waals surface area contributed by atoms with E-state index in [-0.39, 0.29) is 43.1 Å². The lowest BCUT2D eigenvalue weighted by molar-refractivity contribution is -0.120. The molecule has 0 bridgehead atoms. The number of para-hydroxylation sites is 1. The van der Waals surface area contributed by atoms with E-state index in [9.17, 15) is 14.4 Å². The molecular weight excluding hydrogens is 494 g/mol. The molecule has 5 nitrogen and oxygen atoms in total. The SMILES string of the molecule is O=C(CNC(=O)c1ccccc1OCC(=O)Cc1ccc(Br)cc1)Cc1ccc(Cl)cc1. The van der Waals surface area contributed by atoms with Crippen molar-refractivity contribution >= 4 is 45.0 Å². The molecule has 0 fully saturated rings.